The molecule has 2 heterocycles. The minimum Gasteiger partial charge on any atom is -0.368 e. The predicted molar refractivity (Wildman–Crippen MR) is 87.6 cm³/mol. The molecule has 116 valence electrons. The molecule has 21 heavy (non-hydrogen) atoms. The summed E-state index contributed by atoms with van der Waals surface area (Å²) in [6.07, 6.45) is 6.64. The van der Waals surface area contributed by atoms with E-state index in [2.05, 4.69) is 44.4 Å². The number of H-pyrrole nitrogens is 1. The van der Waals surface area contributed by atoms with E-state index in [0.717, 1.165) is 24.4 Å². The summed E-state index contributed by atoms with van der Waals surface area (Å²) in [4.78, 5) is 16.3. The lowest BCUT2D eigenvalue weighted by Crippen LogP contribution is -2.15. The molecular weight excluding hydrogens is 264 g/mol. The number of nitrogens with zero attached hydrogens (tertiary/aromatic N) is 3. The van der Waals surface area contributed by atoms with Gasteiger partial charge in [-0.1, -0.05) is 33.1 Å². The van der Waals surface area contributed by atoms with Crippen molar-refractivity contribution in [3.63, 3.8) is 0 Å². The van der Waals surface area contributed by atoms with Gasteiger partial charge in [0.15, 0.2) is 11.5 Å². The molecule has 0 aliphatic carbocycles. The van der Waals surface area contributed by atoms with Crippen molar-refractivity contribution < 1.29 is 0 Å². The highest BCUT2D eigenvalue weighted by molar-refractivity contribution is 5.83. The summed E-state index contributed by atoms with van der Waals surface area (Å²) in [7, 11) is 0. The van der Waals surface area contributed by atoms with E-state index >= 15 is 0 Å². The van der Waals surface area contributed by atoms with Crippen LogP contribution >= 0.6 is 0 Å². The number of hydrogen-bond acceptors (Lipinski definition) is 5. The van der Waals surface area contributed by atoms with Gasteiger partial charge in [-0.25, -0.2) is 4.98 Å². The van der Waals surface area contributed by atoms with Gasteiger partial charge < -0.3 is 15.6 Å². The van der Waals surface area contributed by atoms with E-state index in [-0.39, 0.29) is 0 Å². The van der Waals surface area contributed by atoms with Crippen LogP contribution in [0.1, 0.15) is 46.5 Å². The molecule has 6 heteroatoms. The van der Waals surface area contributed by atoms with Crippen molar-refractivity contribution in [2.75, 3.05) is 23.7 Å². The second-order valence-corrected chi connectivity index (χ2v) is 5.32. The molecule has 3 N–H and O–H groups in total. The van der Waals surface area contributed by atoms with Crippen molar-refractivity contribution in [3.05, 3.63) is 6.33 Å². The Kier molecular flexibility index (Phi) is 5.78. The second-order valence-electron chi connectivity index (χ2n) is 5.32. The number of rotatable bonds is 9. The number of nitrogens with one attached hydrogen (secondary N) is 3. The first-order chi connectivity index (χ1) is 10.3. The topological polar surface area (TPSA) is 78.5 Å². The zero-order valence-electron chi connectivity index (χ0n) is 13.2. The van der Waals surface area contributed by atoms with Gasteiger partial charge in [0.25, 0.3) is 0 Å². The fourth-order valence-corrected chi connectivity index (χ4v) is 2.38. The van der Waals surface area contributed by atoms with Crippen LogP contribution in [0.2, 0.25) is 0 Å². The number of hydrogen-bond donors (Lipinski definition) is 3. The summed E-state index contributed by atoms with van der Waals surface area (Å²) in [5.41, 5.74) is 1.58. The molecule has 2 rings (SSSR count). The van der Waals surface area contributed by atoms with Gasteiger partial charge in [-0.3, -0.25) is 0 Å². The third-order valence-electron chi connectivity index (χ3n) is 3.72. The molecule has 0 bridgehead atoms. The van der Waals surface area contributed by atoms with Gasteiger partial charge in [-0.2, -0.15) is 9.97 Å². The Labute approximate surface area is 126 Å². The minimum absolute atomic E-state index is 0.626. The van der Waals surface area contributed by atoms with Crippen molar-refractivity contribution in [1.82, 2.24) is 19.9 Å². The van der Waals surface area contributed by atoms with Crippen LogP contribution in [-0.4, -0.2) is 33.0 Å². The van der Waals surface area contributed by atoms with Crippen LogP contribution in [-0.2, 0) is 0 Å². The maximum atomic E-state index is 4.54. The SMILES string of the molecule is CCCCC(CC)CNc1nc(NCC)nc2nc[nH]c12. The Morgan fingerprint density at radius 1 is 1.19 bits per heavy atom. The molecule has 0 amide bonds. The Morgan fingerprint density at radius 2 is 2.05 bits per heavy atom. The molecule has 2 aromatic rings. The number of imidazole rings is 1. The summed E-state index contributed by atoms with van der Waals surface area (Å²) in [6.45, 7) is 8.25. The molecule has 0 aliphatic heterocycles. The van der Waals surface area contributed by atoms with E-state index in [9.17, 15) is 0 Å². The zero-order valence-corrected chi connectivity index (χ0v) is 13.2. The van der Waals surface area contributed by atoms with Crippen LogP contribution in [0.15, 0.2) is 6.33 Å². The maximum absolute atomic E-state index is 4.54. The van der Waals surface area contributed by atoms with Gasteiger partial charge in [0.2, 0.25) is 5.95 Å². The van der Waals surface area contributed by atoms with Crippen LogP contribution in [0.5, 0.6) is 0 Å². The zero-order chi connectivity index (χ0) is 15.1. The summed E-state index contributed by atoms with van der Waals surface area (Å²) in [5, 5.41) is 6.62. The summed E-state index contributed by atoms with van der Waals surface area (Å²) in [6, 6.07) is 0. The molecule has 1 atom stereocenters. The van der Waals surface area contributed by atoms with Crippen molar-refractivity contribution in [2.24, 2.45) is 5.92 Å². The summed E-state index contributed by atoms with van der Waals surface area (Å²) < 4.78 is 0. The van der Waals surface area contributed by atoms with E-state index < -0.39 is 0 Å². The normalized spacial score (nSPS) is 12.5. The smallest absolute Gasteiger partial charge is 0.226 e. The Balaban J connectivity index is 2.10. The number of fused-ring (bicyclic) bond motifs is 1. The second kappa shape index (κ2) is 7.81. The fourth-order valence-electron chi connectivity index (χ4n) is 2.38. The van der Waals surface area contributed by atoms with Gasteiger partial charge >= 0.3 is 0 Å². The maximum Gasteiger partial charge on any atom is 0.226 e. The van der Waals surface area contributed by atoms with E-state index in [1.807, 2.05) is 6.92 Å². The third-order valence-corrected chi connectivity index (χ3v) is 3.72. The van der Waals surface area contributed by atoms with Crippen molar-refractivity contribution in [3.8, 4) is 0 Å². The lowest BCUT2D eigenvalue weighted by Gasteiger charge is -2.16. The largest absolute Gasteiger partial charge is 0.368 e. The predicted octanol–water partition coefficient (Wildman–Crippen LogP) is 3.41. The number of aromatic nitrogens is 4. The average molecular weight is 290 g/mol. The molecule has 0 saturated carbocycles. The lowest BCUT2D eigenvalue weighted by atomic mass is 9.99. The first-order valence-electron chi connectivity index (χ1n) is 7.97. The van der Waals surface area contributed by atoms with Gasteiger partial charge in [0.1, 0.15) is 5.52 Å². The standard InChI is InChI=1S/C15H26N6/c1-4-7-8-11(5-2)9-17-13-12-14(19-10-18-12)21-15(20-13)16-6-3/h10-11H,4-9H2,1-3H3,(H3,16,17,18,19,20,21). The third kappa shape index (κ3) is 4.06. The monoisotopic (exact) mass is 290 g/mol. The lowest BCUT2D eigenvalue weighted by molar-refractivity contribution is 0.472. The molecule has 0 aromatic carbocycles. The van der Waals surface area contributed by atoms with Crippen LogP contribution in [0.4, 0.5) is 11.8 Å². The Hall–Kier alpha value is -1.85. The fraction of sp³-hybridized carbons (Fsp3) is 0.667. The molecule has 0 saturated heterocycles. The quantitative estimate of drug-likeness (QED) is 0.659. The molecule has 6 nitrogen and oxygen atoms in total. The van der Waals surface area contributed by atoms with Crippen LogP contribution in [0.25, 0.3) is 11.2 Å². The highest BCUT2D eigenvalue weighted by Gasteiger charge is 2.11. The molecule has 1 unspecified atom stereocenters. The summed E-state index contributed by atoms with van der Waals surface area (Å²) >= 11 is 0. The molecule has 0 spiro atoms. The molecule has 0 fully saturated rings. The van der Waals surface area contributed by atoms with E-state index in [1.54, 1.807) is 6.33 Å². The molecule has 0 radical (unpaired) electrons. The number of unbranched alkanes of at least 4 members (excludes halogenated alkanes) is 1. The van der Waals surface area contributed by atoms with Crippen LogP contribution in [0.3, 0.4) is 0 Å². The van der Waals surface area contributed by atoms with Crippen molar-refractivity contribution in [1.29, 1.82) is 0 Å². The number of anilines is 2. The van der Waals surface area contributed by atoms with Gasteiger partial charge in [0.05, 0.1) is 6.33 Å². The highest BCUT2D eigenvalue weighted by Crippen LogP contribution is 2.20. The van der Waals surface area contributed by atoms with Crippen LogP contribution < -0.4 is 10.6 Å². The first-order valence-corrected chi connectivity index (χ1v) is 7.97. The van der Waals surface area contributed by atoms with Crippen molar-refractivity contribution >= 4 is 22.9 Å². The summed E-state index contributed by atoms with van der Waals surface area (Å²) in [5.74, 6) is 2.14. The number of aromatic amines is 1. The van der Waals surface area contributed by atoms with E-state index in [0.29, 0.717) is 17.5 Å². The molecule has 0 aliphatic rings. The van der Waals surface area contributed by atoms with Gasteiger partial charge in [0, 0.05) is 13.1 Å². The minimum atomic E-state index is 0.626. The average Bonchev–Trinajstić information content (AvgIpc) is 2.96. The van der Waals surface area contributed by atoms with E-state index in [1.165, 1.54) is 25.7 Å². The van der Waals surface area contributed by atoms with E-state index in [4.69, 9.17) is 0 Å². The van der Waals surface area contributed by atoms with Crippen molar-refractivity contribution in [2.45, 2.75) is 46.5 Å². The van der Waals surface area contributed by atoms with Gasteiger partial charge in [-0.05, 0) is 19.3 Å². The first kappa shape index (κ1) is 15.5. The van der Waals surface area contributed by atoms with Crippen LogP contribution in [0, 0.1) is 5.92 Å². The Morgan fingerprint density at radius 3 is 2.76 bits per heavy atom. The van der Waals surface area contributed by atoms with Gasteiger partial charge in [-0.15, -0.1) is 0 Å². The molecule has 2 aromatic heterocycles. The molecular formula is C15H26N6. The highest BCUT2D eigenvalue weighted by atomic mass is 15.2. The Bertz CT molecular complexity index is 550.